The fourth-order valence-electron chi connectivity index (χ4n) is 2.25. The number of thioether (sulfide) groups is 1. The van der Waals surface area contributed by atoms with Gasteiger partial charge in [-0.1, -0.05) is 11.8 Å². The van der Waals surface area contributed by atoms with E-state index in [2.05, 4.69) is 15.6 Å². The van der Waals surface area contributed by atoms with E-state index in [-0.39, 0.29) is 30.7 Å². The molecule has 9 nitrogen and oxygen atoms in total. The Kier molecular flexibility index (Phi) is 7.50. The fraction of sp³-hybridized carbons (Fsp3) is 0.353. The predicted octanol–water partition coefficient (Wildman–Crippen LogP) is 0.869. The number of nitrogens with zero attached hydrogens (tertiary/aromatic N) is 2. The lowest BCUT2D eigenvalue weighted by Gasteiger charge is -2.12. The number of nitrogens with one attached hydrogen (secondary N) is 2. The number of carbonyl (C=O) groups is 2. The summed E-state index contributed by atoms with van der Waals surface area (Å²) in [4.78, 5) is 28.2. The molecule has 146 valence electrons. The molecule has 0 atom stereocenters. The van der Waals surface area contributed by atoms with Crippen LogP contribution in [0.1, 0.15) is 5.69 Å². The first-order chi connectivity index (χ1) is 13.0. The van der Waals surface area contributed by atoms with Crippen molar-refractivity contribution >= 4 is 29.3 Å². The number of carbonyl (C=O) groups excluding carboxylic acids is 2. The maximum absolute atomic E-state index is 12.3. The van der Waals surface area contributed by atoms with Crippen molar-refractivity contribution in [1.82, 2.24) is 14.9 Å². The molecule has 1 aromatic heterocycles. The number of amides is 2. The summed E-state index contributed by atoms with van der Waals surface area (Å²) in [5, 5.41) is 15.1. The summed E-state index contributed by atoms with van der Waals surface area (Å²) in [5.41, 5.74) is 0.989. The second-order valence-corrected chi connectivity index (χ2v) is 6.30. The van der Waals surface area contributed by atoms with Gasteiger partial charge in [0.25, 0.3) is 0 Å². The largest absolute Gasteiger partial charge is 0.497 e. The number of rotatable bonds is 9. The molecule has 2 amide bonds. The molecule has 0 aliphatic heterocycles. The Morgan fingerprint density at radius 3 is 2.67 bits per heavy atom. The lowest BCUT2D eigenvalue weighted by Crippen LogP contribution is -2.25. The highest BCUT2D eigenvalue weighted by molar-refractivity contribution is 7.99. The van der Waals surface area contributed by atoms with Crippen molar-refractivity contribution in [3.8, 4) is 11.5 Å². The zero-order valence-electron chi connectivity index (χ0n) is 15.3. The number of hydrogen-bond acceptors (Lipinski definition) is 7. The zero-order valence-corrected chi connectivity index (χ0v) is 16.1. The van der Waals surface area contributed by atoms with E-state index in [4.69, 9.17) is 9.47 Å². The van der Waals surface area contributed by atoms with Gasteiger partial charge in [0.2, 0.25) is 11.8 Å². The molecular weight excluding hydrogens is 372 g/mol. The number of likely N-dealkylation sites (N-methyl/N-ethyl adjacent to an activating group) is 1. The second kappa shape index (κ2) is 9.83. The van der Waals surface area contributed by atoms with Crippen LogP contribution in [0.2, 0.25) is 0 Å². The van der Waals surface area contributed by atoms with Gasteiger partial charge in [-0.15, -0.1) is 0 Å². The number of anilines is 1. The molecule has 1 heterocycles. The number of aliphatic hydroxyl groups excluding tert-OH is 1. The Bertz CT molecular complexity index is 809. The van der Waals surface area contributed by atoms with Crippen molar-refractivity contribution in [2.45, 2.75) is 18.3 Å². The molecule has 0 aliphatic carbocycles. The molecule has 0 saturated carbocycles. The van der Waals surface area contributed by atoms with Crippen molar-refractivity contribution in [3.63, 3.8) is 0 Å². The van der Waals surface area contributed by atoms with Crippen LogP contribution >= 0.6 is 11.8 Å². The van der Waals surface area contributed by atoms with Crippen LogP contribution in [0.25, 0.3) is 0 Å². The first-order valence-corrected chi connectivity index (χ1v) is 9.01. The molecule has 0 spiro atoms. The average Bonchev–Trinajstić information content (AvgIpc) is 3.07. The SMILES string of the molecule is CNC(=O)Cn1c(CO)cnc1SCC(=O)Nc1cc(OC)ccc1OC. The summed E-state index contributed by atoms with van der Waals surface area (Å²) < 4.78 is 12.0. The monoisotopic (exact) mass is 394 g/mol. The van der Waals surface area contributed by atoms with Gasteiger partial charge < -0.3 is 29.8 Å². The molecule has 0 unspecified atom stereocenters. The van der Waals surface area contributed by atoms with Crippen LogP contribution in [0.5, 0.6) is 11.5 Å². The molecule has 2 rings (SSSR count). The van der Waals surface area contributed by atoms with Crippen LogP contribution in [-0.2, 0) is 22.7 Å². The summed E-state index contributed by atoms with van der Waals surface area (Å²) in [6.45, 7) is -0.238. The number of hydrogen-bond donors (Lipinski definition) is 3. The smallest absolute Gasteiger partial charge is 0.239 e. The first-order valence-electron chi connectivity index (χ1n) is 8.02. The topological polar surface area (TPSA) is 115 Å². The van der Waals surface area contributed by atoms with E-state index >= 15 is 0 Å². The summed E-state index contributed by atoms with van der Waals surface area (Å²) >= 11 is 1.16. The van der Waals surface area contributed by atoms with E-state index < -0.39 is 0 Å². The summed E-state index contributed by atoms with van der Waals surface area (Å²) in [7, 11) is 4.58. The molecule has 0 fully saturated rings. The minimum Gasteiger partial charge on any atom is -0.497 e. The summed E-state index contributed by atoms with van der Waals surface area (Å²) in [6, 6.07) is 5.10. The predicted molar refractivity (Wildman–Crippen MR) is 101 cm³/mol. The van der Waals surface area contributed by atoms with E-state index in [1.54, 1.807) is 22.8 Å². The number of aromatic nitrogens is 2. The molecule has 0 saturated heterocycles. The van der Waals surface area contributed by atoms with Crippen LogP contribution in [0.15, 0.2) is 29.6 Å². The molecule has 0 radical (unpaired) electrons. The number of ether oxygens (including phenoxy) is 2. The average molecular weight is 394 g/mol. The van der Waals surface area contributed by atoms with Gasteiger partial charge in [0.1, 0.15) is 18.0 Å². The third-order valence-corrected chi connectivity index (χ3v) is 4.65. The van der Waals surface area contributed by atoms with Gasteiger partial charge in [-0.05, 0) is 12.1 Å². The van der Waals surface area contributed by atoms with Crippen LogP contribution < -0.4 is 20.1 Å². The van der Waals surface area contributed by atoms with Gasteiger partial charge in [0, 0.05) is 13.1 Å². The highest BCUT2D eigenvalue weighted by atomic mass is 32.2. The standard InChI is InChI=1S/C17H22N4O5S/c1-18-15(23)8-21-11(9-22)7-19-17(21)27-10-16(24)20-13-6-12(25-2)4-5-14(13)26-3/h4-7,22H,8-10H2,1-3H3,(H,18,23)(H,20,24). The maximum atomic E-state index is 12.3. The number of imidazole rings is 1. The lowest BCUT2D eigenvalue weighted by molar-refractivity contribution is -0.121. The van der Waals surface area contributed by atoms with Crippen LogP contribution in [-0.4, -0.2) is 53.5 Å². The minimum absolute atomic E-state index is 0.0139. The third kappa shape index (κ3) is 5.38. The highest BCUT2D eigenvalue weighted by Gasteiger charge is 2.15. The molecule has 27 heavy (non-hydrogen) atoms. The highest BCUT2D eigenvalue weighted by Crippen LogP contribution is 2.29. The van der Waals surface area contributed by atoms with E-state index in [9.17, 15) is 14.7 Å². The number of aliphatic hydroxyl groups is 1. The number of benzene rings is 1. The Labute approximate surface area is 161 Å². The van der Waals surface area contributed by atoms with Crippen molar-refractivity contribution < 1.29 is 24.2 Å². The second-order valence-electron chi connectivity index (χ2n) is 5.35. The Morgan fingerprint density at radius 1 is 1.26 bits per heavy atom. The van der Waals surface area contributed by atoms with Crippen LogP contribution in [0, 0.1) is 0 Å². The van der Waals surface area contributed by atoms with Gasteiger partial charge in [-0.3, -0.25) is 9.59 Å². The Hall–Kier alpha value is -2.72. The molecular formula is C17H22N4O5S. The number of methoxy groups -OCH3 is 2. The van der Waals surface area contributed by atoms with E-state index in [1.807, 2.05) is 0 Å². The lowest BCUT2D eigenvalue weighted by atomic mass is 10.2. The van der Waals surface area contributed by atoms with Gasteiger partial charge in [0.15, 0.2) is 5.16 Å². The Balaban J connectivity index is 2.06. The van der Waals surface area contributed by atoms with E-state index in [1.165, 1.54) is 27.5 Å². The normalized spacial score (nSPS) is 10.4. The quantitative estimate of drug-likeness (QED) is 0.541. The summed E-state index contributed by atoms with van der Waals surface area (Å²) in [5.74, 6) is 0.669. The fourth-order valence-corrected chi connectivity index (χ4v) is 3.05. The molecule has 0 bridgehead atoms. The Morgan fingerprint density at radius 2 is 2.04 bits per heavy atom. The minimum atomic E-state index is -0.272. The van der Waals surface area contributed by atoms with Gasteiger partial charge in [-0.2, -0.15) is 0 Å². The zero-order chi connectivity index (χ0) is 19.8. The van der Waals surface area contributed by atoms with Crippen molar-refractivity contribution in [2.24, 2.45) is 0 Å². The molecule has 2 aromatic rings. The van der Waals surface area contributed by atoms with Gasteiger partial charge >= 0.3 is 0 Å². The van der Waals surface area contributed by atoms with Gasteiger partial charge in [0.05, 0.1) is 44.2 Å². The molecule has 0 aliphatic rings. The third-order valence-electron chi connectivity index (χ3n) is 3.66. The van der Waals surface area contributed by atoms with Crippen molar-refractivity contribution in [3.05, 3.63) is 30.1 Å². The maximum Gasteiger partial charge on any atom is 0.239 e. The van der Waals surface area contributed by atoms with Gasteiger partial charge in [-0.25, -0.2) is 4.98 Å². The van der Waals surface area contributed by atoms with E-state index in [0.29, 0.717) is 28.0 Å². The first kappa shape index (κ1) is 20.6. The van der Waals surface area contributed by atoms with Crippen molar-refractivity contribution in [2.75, 3.05) is 32.3 Å². The van der Waals surface area contributed by atoms with Crippen LogP contribution in [0.4, 0.5) is 5.69 Å². The summed E-state index contributed by atoms with van der Waals surface area (Å²) in [6.07, 6.45) is 1.48. The van der Waals surface area contributed by atoms with E-state index in [0.717, 1.165) is 11.8 Å². The molecule has 10 heteroatoms. The van der Waals surface area contributed by atoms with Crippen molar-refractivity contribution in [1.29, 1.82) is 0 Å². The molecule has 3 N–H and O–H groups in total. The van der Waals surface area contributed by atoms with Crippen LogP contribution in [0.3, 0.4) is 0 Å². The molecule has 1 aromatic carbocycles.